The molecule has 29 heavy (non-hydrogen) atoms. The molecule has 1 fully saturated rings. The number of aromatic amines is 1. The number of hydrogen-bond donors (Lipinski definition) is 1. The molecule has 7 heteroatoms. The summed E-state index contributed by atoms with van der Waals surface area (Å²) in [4.78, 5) is 18.9. The number of likely N-dealkylation sites (tertiary alicyclic amines) is 1. The van der Waals surface area contributed by atoms with E-state index in [4.69, 9.17) is 4.74 Å². The van der Waals surface area contributed by atoms with Crippen molar-refractivity contribution in [1.82, 2.24) is 20.1 Å². The normalized spacial score (nSPS) is 16.2. The highest BCUT2D eigenvalue weighted by Crippen LogP contribution is 2.31. The number of aromatic nitrogens is 3. The second-order valence-corrected chi connectivity index (χ2v) is 7.12. The maximum absolute atomic E-state index is 13.2. The number of hydrogen-bond acceptors (Lipinski definition) is 4. The van der Waals surface area contributed by atoms with Gasteiger partial charge in [-0.3, -0.25) is 14.9 Å². The van der Waals surface area contributed by atoms with Gasteiger partial charge in [0.1, 0.15) is 11.6 Å². The Balaban J connectivity index is 1.34. The number of ether oxygens (including phenoxy) is 1. The maximum atomic E-state index is 13.2. The predicted molar refractivity (Wildman–Crippen MR) is 106 cm³/mol. The standard InChI is InChI=1S/C22H23FN4O2/c23-16-5-3-7-19(13-16)29-12-9-18-14-20(26-25-18)21-8-4-11-27(21)22(28)15-17-6-1-2-10-24-17/h1-3,5-7,10,13-14,21H,4,8-9,11-12,15H2,(H,25,26)/t21-/m1/s1. The molecule has 6 nitrogen and oxygen atoms in total. The largest absolute Gasteiger partial charge is 0.493 e. The highest BCUT2D eigenvalue weighted by atomic mass is 19.1. The monoisotopic (exact) mass is 394 g/mol. The summed E-state index contributed by atoms with van der Waals surface area (Å²) in [5, 5.41) is 7.46. The van der Waals surface area contributed by atoms with Gasteiger partial charge in [0.2, 0.25) is 5.91 Å². The number of benzene rings is 1. The first kappa shape index (κ1) is 19.1. The molecule has 1 N–H and O–H groups in total. The summed E-state index contributed by atoms with van der Waals surface area (Å²) in [5.41, 5.74) is 2.58. The number of pyridine rings is 1. The van der Waals surface area contributed by atoms with Gasteiger partial charge in [-0.05, 0) is 43.2 Å². The van der Waals surface area contributed by atoms with E-state index in [1.54, 1.807) is 18.3 Å². The zero-order chi connectivity index (χ0) is 20.1. The summed E-state index contributed by atoms with van der Waals surface area (Å²) in [6.07, 6.45) is 4.49. The zero-order valence-corrected chi connectivity index (χ0v) is 16.1. The van der Waals surface area contributed by atoms with Crippen molar-refractivity contribution in [3.05, 3.63) is 77.6 Å². The van der Waals surface area contributed by atoms with Crippen LogP contribution in [-0.4, -0.2) is 39.1 Å². The Hall–Kier alpha value is -3.22. The second kappa shape index (κ2) is 8.86. The first-order valence-corrected chi connectivity index (χ1v) is 9.81. The SMILES string of the molecule is O=C(Cc1ccccn1)N1CCC[C@@H]1c1cc(CCOc2cccc(F)c2)[nH]n1. The Morgan fingerprint density at radius 2 is 2.17 bits per heavy atom. The van der Waals surface area contributed by atoms with Gasteiger partial charge in [0, 0.05) is 36.6 Å². The van der Waals surface area contributed by atoms with Crippen molar-refractivity contribution in [1.29, 1.82) is 0 Å². The van der Waals surface area contributed by atoms with Crippen LogP contribution in [0.4, 0.5) is 4.39 Å². The molecule has 0 spiro atoms. The summed E-state index contributed by atoms with van der Waals surface area (Å²) >= 11 is 0. The summed E-state index contributed by atoms with van der Waals surface area (Å²) in [6.45, 7) is 1.15. The average molecular weight is 394 g/mol. The quantitative estimate of drug-likeness (QED) is 0.666. The van der Waals surface area contributed by atoms with Crippen molar-refractivity contribution in [2.75, 3.05) is 13.2 Å². The summed E-state index contributed by atoms with van der Waals surface area (Å²) in [6, 6.07) is 13.7. The topological polar surface area (TPSA) is 71.1 Å². The van der Waals surface area contributed by atoms with Crippen LogP contribution in [0.15, 0.2) is 54.7 Å². The van der Waals surface area contributed by atoms with Gasteiger partial charge in [-0.15, -0.1) is 0 Å². The van der Waals surface area contributed by atoms with E-state index < -0.39 is 0 Å². The zero-order valence-electron chi connectivity index (χ0n) is 16.1. The lowest BCUT2D eigenvalue weighted by molar-refractivity contribution is -0.131. The van der Waals surface area contributed by atoms with Crippen molar-refractivity contribution < 1.29 is 13.9 Å². The fourth-order valence-electron chi connectivity index (χ4n) is 3.65. The molecule has 3 aromatic rings. The van der Waals surface area contributed by atoms with E-state index in [2.05, 4.69) is 15.2 Å². The van der Waals surface area contributed by atoms with Gasteiger partial charge in [-0.1, -0.05) is 12.1 Å². The predicted octanol–water partition coefficient (Wildman–Crippen LogP) is 3.47. The number of H-pyrrole nitrogens is 1. The number of rotatable bonds is 7. The van der Waals surface area contributed by atoms with Crippen LogP contribution in [0.1, 0.15) is 36.0 Å². The molecule has 0 radical (unpaired) electrons. The van der Waals surface area contributed by atoms with Crippen LogP contribution >= 0.6 is 0 Å². The average Bonchev–Trinajstić information content (AvgIpc) is 3.38. The number of carbonyl (C=O) groups excluding carboxylic acids is 1. The van der Waals surface area contributed by atoms with Crippen molar-refractivity contribution in [3.63, 3.8) is 0 Å². The molecule has 3 heterocycles. The molecular formula is C22H23FN4O2. The number of halogens is 1. The van der Waals surface area contributed by atoms with E-state index in [0.717, 1.165) is 36.5 Å². The first-order chi connectivity index (χ1) is 14.2. The van der Waals surface area contributed by atoms with Crippen LogP contribution in [0.5, 0.6) is 5.75 Å². The lowest BCUT2D eigenvalue weighted by Crippen LogP contribution is -2.32. The number of nitrogens with one attached hydrogen (secondary N) is 1. The highest BCUT2D eigenvalue weighted by Gasteiger charge is 2.31. The molecule has 0 bridgehead atoms. The van der Waals surface area contributed by atoms with Crippen LogP contribution in [0.25, 0.3) is 0 Å². The number of nitrogens with zero attached hydrogens (tertiary/aromatic N) is 3. The van der Waals surface area contributed by atoms with Gasteiger partial charge in [-0.25, -0.2) is 4.39 Å². The number of carbonyl (C=O) groups is 1. The Morgan fingerprint density at radius 3 is 3.00 bits per heavy atom. The molecule has 1 aromatic carbocycles. The Morgan fingerprint density at radius 1 is 1.24 bits per heavy atom. The summed E-state index contributed by atoms with van der Waals surface area (Å²) in [5.74, 6) is 0.264. The molecule has 1 amide bonds. The third kappa shape index (κ3) is 4.80. The van der Waals surface area contributed by atoms with E-state index in [0.29, 0.717) is 25.2 Å². The summed E-state index contributed by atoms with van der Waals surface area (Å²) in [7, 11) is 0. The van der Waals surface area contributed by atoms with E-state index in [-0.39, 0.29) is 17.8 Å². The molecule has 1 aliphatic heterocycles. The molecule has 0 saturated carbocycles. The van der Waals surface area contributed by atoms with Gasteiger partial charge in [0.25, 0.3) is 0 Å². The van der Waals surface area contributed by atoms with E-state index in [9.17, 15) is 9.18 Å². The van der Waals surface area contributed by atoms with Gasteiger partial charge in [0.05, 0.1) is 24.8 Å². The minimum absolute atomic E-state index is 0.0136. The first-order valence-electron chi connectivity index (χ1n) is 9.81. The lowest BCUT2D eigenvalue weighted by Gasteiger charge is -2.23. The lowest BCUT2D eigenvalue weighted by atomic mass is 10.1. The highest BCUT2D eigenvalue weighted by molar-refractivity contribution is 5.79. The Kier molecular flexibility index (Phi) is 5.84. The van der Waals surface area contributed by atoms with Crippen molar-refractivity contribution >= 4 is 5.91 Å². The van der Waals surface area contributed by atoms with Gasteiger partial charge in [0.15, 0.2) is 0 Å². The molecule has 2 aromatic heterocycles. The minimum atomic E-state index is -0.317. The minimum Gasteiger partial charge on any atom is -0.493 e. The Labute approximate surface area is 168 Å². The van der Waals surface area contributed by atoms with Gasteiger partial charge >= 0.3 is 0 Å². The Bertz CT molecular complexity index is 960. The van der Waals surface area contributed by atoms with Crippen LogP contribution in [-0.2, 0) is 17.6 Å². The fraction of sp³-hybridized carbons (Fsp3) is 0.318. The molecule has 1 aliphatic rings. The summed E-state index contributed by atoms with van der Waals surface area (Å²) < 4.78 is 18.8. The molecule has 0 unspecified atom stereocenters. The molecule has 1 saturated heterocycles. The van der Waals surface area contributed by atoms with Gasteiger partial charge < -0.3 is 9.64 Å². The van der Waals surface area contributed by atoms with Crippen molar-refractivity contribution in [3.8, 4) is 5.75 Å². The van der Waals surface area contributed by atoms with Crippen LogP contribution in [0.2, 0.25) is 0 Å². The molecular weight excluding hydrogens is 371 g/mol. The van der Waals surface area contributed by atoms with E-state index in [1.165, 1.54) is 12.1 Å². The van der Waals surface area contributed by atoms with Crippen LogP contribution in [0, 0.1) is 5.82 Å². The molecule has 0 aliphatic carbocycles. The number of amides is 1. The van der Waals surface area contributed by atoms with Crippen molar-refractivity contribution in [2.45, 2.75) is 31.7 Å². The molecule has 1 atom stereocenters. The van der Waals surface area contributed by atoms with E-state index in [1.807, 2.05) is 29.2 Å². The smallest absolute Gasteiger partial charge is 0.229 e. The second-order valence-electron chi connectivity index (χ2n) is 7.12. The van der Waals surface area contributed by atoms with E-state index >= 15 is 0 Å². The molecule has 150 valence electrons. The third-order valence-corrected chi connectivity index (χ3v) is 5.06. The van der Waals surface area contributed by atoms with Crippen LogP contribution in [0.3, 0.4) is 0 Å². The maximum Gasteiger partial charge on any atom is 0.229 e. The molecule has 4 rings (SSSR count). The van der Waals surface area contributed by atoms with Gasteiger partial charge in [-0.2, -0.15) is 5.10 Å². The third-order valence-electron chi connectivity index (χ3n) is 5.06. The van der Waals surface area contributed by atoms with Crippen LogP contribution < -0.4 is 4.74 Å². The van der Waals surface area contributed by atoms with Crippen molar-refractivity contribution in [2.24, 2.45) is 0 Å². The fourth-order valence-corrected chi connectivity index (χ4v) is 3.65.